The van der Waals surface area contributed by atoms with Crippen molar-refractivity contribution in [2.45, 2.75) is 6.42 Å². The van der Waals surface area contributed by atoms with Crippen LogP contribution >= 0.6 is 0 Å². The van der Waals surface area contributed by atoms with E-state index in [1.807, 2.05) is 0 Å². The first-order valence-electron chi connectivity index (χ1n) is 3.14. The molecule has 0 radical (unpaired) electrons. The summed E-state index contributed by atoms with van der Waals surface area (Å²) in [7, 11) is 3.14. The summed E-state index contributed by atoms with van der Waals surface area (Å²) in [5.41, 5.74) is 0. The van der Waals surface area contributed by atoms with Crippen LogP contribution in [0.2, 0.25) is 0 Å². The maximum Gasteiger partial charge on any atom is 0.406 e. The molecule has 0 aromatic heterocycles. The predicted octanol–water partition coefficient (Wildman–Crippen LogP) is 0.379. The molecule has 0 fully saturated rings. The summed E-state index contributed by atoms with van der Waals surface area (Å²) in [6.07, 6.45) is 0.348. The third kappa shape index (κ3) is 5.37. The second-order valence-electron chi connectivity index (χ2n) is 1.73. The van der Waals surface area contributed by atoms with Crippen molar-refractivity contribution in [2.24, 2.45) is 0 Å². The number of hydrogen-bond donors (Lipinski definition) is 1. The number of hydrogen-bond acceptors (Lipinski definition) is 3. The second-order valence-corrected chi connectivity index (χ2v) is 1.73. The molecule has 0 saturated carbocycles. The van der Waals surface area contributed by atoms with Crippen molar-refractivity contribution in [3.8, 4) is 0 Å². The van der Waals surface area contributed by atoms with E-state index in [2.05, 4.69) is 10.1 Å². The number of alkyl carbamates (subject to hydrolysis) is 1. The maximum absolute atomic E-state index is 10.4. The van der Waals surface area contributed by atoms with E-state index in [-0.39, 0.29) is 0 Å². The first-order chi connectivity index (χ1) is 4.81. The number of carbonyl (C=O) groups is 1. The lowest BCUT2D eigenvalue weighted by atomic mass is 10.5. The van der Waals surface area contributed by atoms with Crippen LogP contribution in [0.1, 0.15) is 6.42 Å². The lowest BCUT2D eigenvalue weighted by Gasteiger charge is -2.01. The number of methoxy groups -OCH3 is 1. The Bertz CT molecular complexity index is 95.0. The van der Waals surface area contributed by atoms with E-state index in [9.17, 15) is 4.79 Å². The Kier molecular flexibility index (Phi) is 5.86. The van der Waals surface area contributed by atoms with Gasteiger partial charge in [-0.15, -0.1) is 0 Å². The van der Waals surface area contributed by atoms with Gasteiger partial charge >= 0.3 is 6.09 Å². The molecule has 0 spiro atoms. The van der Waals surface area contributed by atoms with Crippen molar-refractivity contribution in [3.63, 3.8) is 0 Å². The number of rotatable bonds is 4. The third-order valence-electron chi connectivity index (χ3n) is 0.930. The fourth-order valence-corrected chi connectivity index (χ4v) is 0.440. The zero-order chi connectivity index (χ0) is 7.82. The van der Waals surface area contributed by atoms with Crippen LogP contribution in [0.25, 0.3) is 0 Å². The third-order valence-corrected chi connectivity index (χ3v) is 0.930. The van der Waals surface area contributed by atoms with Crippen molar-refractivity contribution in [1.29, 1.82) is 0 Å². The molecule has 4 heteroatoms. The molecule has 0 saturated heterocycles. The second kappa shape index (κ2) is 6.35. The molecule has 1 N–H and O–H groups in total. The zero-order valence-electron chi connectivity index (χ0n) is 6.35. The van der Waals surface area contributed by atoms with Crippen LogP contribution in [-0.4, -0.2) is 33.5 Å². The highest BCUT2D eigenvalue weighted by molar-refractivity contribution is 5.66. The Morgan fingerprint density at radius 2 is 2.20 bits per heavy atom. The summed E-state index contributed by atoms with van der Waals surface area (Å²) in [6, 6.07) is 0. The molecule has 0 aliphatic heterocycles. The molecule has 0 aromatic rings. The van der Waals surface area contributed by atoms with Gasteiger partial charge in [-0.2, -0.15) is 0 Å². The minimum absolute atomic E-state index is 0.392. The number of ether oxygens (including phenoxy) is 2. The van der Waals surface area contributed by atoms with Gasteiger partial charge in [-0.25, -0.2) is 4.79 Å². The van der Waals surface area contributed by atoms with E-state index in [4.69, 9.17) is 4.74 Å². The van der Waals surface area contributed by atoms with Crippen molar-refractivity contribution in [1.82, 2.24) is 5.32 Å². The van der Waals surface area contributed by atoms with Crippen molar-refractivity contribution < 1.29 is 14.3 Å². The average molecular weight is 147 g/mol. The molecule has 0 heterocycles. The van der Waals surface area contributed by atoms with Crippen LogP contribution in [0.3, 0.4) is 0 Å². The van der Waals surface area contributed by atoms with Crippen molar-refractivity contribution >= 4 is 6.09 Å². The molecule has 0 bridgehead atoms. The predicted molar refractivity (Wildman–Crippen MR) is 36.9 cm³/mol. The van der Waals surface area contributed by atoms with Gasteiger partial charge in [-0.1, -0.05) is 0 Å². The SMILES string of the molecule is CNC(=O)OCCCOC. The van der Waals surface area contributed by atoms with Crippen molar-refractivity contribution in [3.05, 3.63) is 0 Å². The monoisotopic (exact) mass is 147 g/mol. The summed E-state index contributed by atoms with van der Waals surface area (Å²) in [4.78, 5) is 10.4. The lowest BCUT2D eigenvalue weighted by molar-refractivity contribution is 0.126. The highest BCUT2D eigenvalue weighted by Crippen LogP contribution is 1.83. The van der Waals surface area contributed by atoms with Gasteiger partial charge in [0, 0.05) is 27.2 Å². The van der Waals surface area contributed by atoms with Crippen molar-refractivity contribution in [2.75, 3.05) is 27.4 Å². The minimum Gasteiger partial charge on any atom is -0.449 e. The van der Waals surface area contributed by atoms with E-state index in [0.29, 0.717) is 13.2 Å². The molecule has 60 valence electrons. The minimum atomic E-state index is -0.392. The first-order valence-corrected chi connectivity index (χ1v) is 3.14. The van der Waals surface area contributed by atoms with E-state index in [1.165, 1.54) is 7.05 Å². The normalized spacial score (nSPS) is 9.00. The van der Waals surface area contributed by atoms with Gasteiger partial charge in [0.05, 0.1) is 6.61 Å². The average Bonchev–Trinajstić information content (AvgIpc) is 1.98. The van der Waals surface area contributed by atoms with Crippen LogP contribution in [0.5, 0.6) is 0 Å². The summed E-state index contributed by atoms with van der Waals surface area (Å²) >= 11 is 0. The quantitative estimate of drug-likeness (QED) is 0.585. The fourth-order valence-electron chi connectivity index (χ4n) is 0.440. The molecule has 0 aliphatic carbocycles. The maximum atomic E-state index is 10.4. The smallest absolute Gasteiger partial charge is 0.406 e. The molecule has 0 atom stereocenters. The van der Waals surface area contributed by atoms with Gasteiger partial charge in [-0.3, -0.25) is 0 Å². The standard InChI is InChI=1S/C6H13NO3/c1-7-6(8)10-5-3-4-9-2/h3-5H2,1-2H3,(H,7,8). The first kappa shape index (κ1) is 9.23. The highest BCUT2D eigenvalue weighted by atomic mass is 16.5. The molecule has 10 heavy (non-hydrogen) atoms. The van der Waals surface area contributed by atoms with Crippen LogP contribution in [-0.2, 0) is 9.47 Å². The Morgan fingerprint density at radius 1 is 1.50 bits per heavy atom. The van der Waals surface area contributed by atoms with Crippen LogP contribution in [0.4, 0.5) is 4.79 Å². The summed E-state index contributed by atoms with van der Waals surface area (Å²) < 4.78 is 9.41. The largest absolute Gasteiger partial charge is 0.449 e. The zero-order valence-corrected chi connectivity index (χ0v) is 6.35. The van der Waals surface area contributed by atoms with Gasteiger partial charge in [0.2, 0.25) is 0 Å². The molecular weight excluding hydrogens is 134 g/mol. The highest BCUT2D eigenvalue weighted by Gasteiger charge is 1.94. The summed E-state index contributed by atoms with van der Waals surface area (Å²) in [5.74, 6) is 0. The Balaban J connectivity index is 2.96. The lowest BCUT2D eigenvalue weighted by Crippen LogP contribution is -2.19. The molecule has 4 nitrogen and oxygen atoms in total. The molecular formula is C6H13NO3. The van der Waals surface area contributed by atoms with E-state index < -0.39 is 6.09 Å². The number of carbonyl (C=O) groups excluding carboxylic acids is 1. The van der Waals surface area contributed by atoms with Gasteiger partial charge in [0.1, 0.15) is 0 Å². The Morgan fingerprint density at radius 3 is 2.70 bits per heavy atom. The Hall–Kier alpha value is -0.770. The molecule has 1 amide bonds. The van der Waals surface area contributed by atoms with Crippen LogP contribution in [0.15, 0.2) is 0 Å². The van der Waals surface area contributed by atoms with E-state index in [1.54, 1.807) is 7.11 Å². The number of nitrogens with one attached hydrogen (secondary N) is 1. The van der Waals surface area contributed by atoms with E-state index in [0.717, 1.165) is 6.42 Å². The van der Waals surface area contributed by atoms with Gasteiger partial charge in [-0.05, 0) is 0 Å². The number of amides is 1. The van der Waals surface area contributed by atoms with Gasteiger partial charge in [0.25, 0.3) is 0 Å². The van der Waals surface area contributed by atoms with Gasteiger partial charge in [0.15, 0.2) is 0 Å². The molecule has 0 aliphatic rings. The molecule has 0 aromatic carbocycles. The van der Waals surface area contributed by atoms with Gasteiger partial charge < -0.3 is 14.8 Å². The van der Waals surface area contributed by atoms with E-state index >= 15 is 0 Å². The summed E-state index contributed by atoms with van der Waals surface area (Å²) in [5, 5.41) is 2.34. The molecule has 0 unspecified atom stereocenters. The summed E-state index contributed by atoms with van der Waals surface area (Å²) in [6.45, 7) is 1.03. The topological polar surface area (TPSA) is 47.6 Å². The van der Waals surface area contributed by atoms with Crippen LogP contribution in [0, 0.1) is 0 Å². The fraction of sp³-hybridized carbons (Fsp3) is 0.833. The Labute approximate surface area is 60.5 Å². The molecule has 0 rings (SSSR count). The van der Waals surface area contributed by atoms with Crippen LogP contribution < -0.4 is 5.32 Å².